The van der Waals surface area contributed by atoms with Crippen molar-refractivity contribution in [2.24, 2.45) is 0 Å². The molecule has 2 heterocycles. The zero-order valence-electron chi connectivity index (χ0n) is 17.3. The first-order valence-electron chi connectivity index (χ1n) is 9.73. The summed E-state index contributed by atoms with van der Waals surface area (Å²) in [6.45, 7) is 4.98. The van der Waals surface area contributed by atoms with Crippen LogP contribution in [0, 0.1) is 5.82 Å². The van der Waals surface area contributed by atoms with E-state index in [1.165, 1.54) is 6.07 Å². The summed E-state index contributed by atoms with van der Waals surface area (Å²) in [4.78, 5) is 9.32. The van der Waals surface area contributed by atoms with E-state index in [1.807, 2.05) is 61.6 Å². The van der Waals surface area contributed by atoms with Gasteiger partial charge in [-0.1, -0.05) is 43.4 Å². The number of halogens is 1. The molecule has 1 fully saturated rings. The molecule has 0 spiro atoms. The number of rotatable bonds is 6. The first kappa shape index (κ1) is 21.0. The van der Waals surface area contributed by atoms with Crippen LogP contribution in [0.2, 0.25) is 0 Å². The molecule has 0 aliphatic carbocycles. The van der Waals surface area contributed by atoms with Crippen molar-refractivity contribution in [3.8, 4) is 0 Å². The lowest BCUT2D eigenvalue weighted by Crippen LogP contribution is -2.47. The van der Waals surface area contributed by atoms with Crippen LogP contribution in [0.5, 0.6) is 0 Å². The van der Waals surface area contributed by atoms with Gasteiger partial charge < -0.3 is 15.1 Å². The molecule has 152 valence electrons. The summed E-state index contributed by atoms with van der Waals surface area (Å²) in [7, 11) is 3.92. The van der Waals surface area contributed by atoms with E-state index in [0.29, 0.717) is 5.56 Å². The normalized spacial score (nSPS) is 20.5. The second kappa shape index (κ2) is 8.74. The minimum absolute atomic E-state index is 0.238. The monoisotopic (exact) mass is 410 g/mol. The molecule has 1 atom stereocenters. The Balaban J connectivity index is 1.90. The molecule has 1 unspecified atom stereocenters. The van der Waals surface area contributed by atoms with Crippen molar-refractivity contribution in [1.82, 2.24) is 15.2 Å². The summed E-state index contributed by atoms with van der Waals surface area (Å²) >= 11 is 5.76. The topological polar surface area (TPSA) is 31.4 Å². The van der Waals surface area contributed by atoms with E-state index in [4.69, 9.17) is 12.2 Å². The standard InChI is InChI=1S/C23H27FN4S/c1-5-14-28-22(29)20(15-17-10-11-21(25-16-17)27(3)4)26-23(28,2)13-12-18-8-6-7-9-19(18)24/h6-13,15-16,26H,5,14H2,1-4H3/b13-12+,20-15-. The highest BCUT2D eigenvalue weighted by Gasteiger charge is 2.39. The lowest BCUT2D eigenvalue weighted by atomic mass is 10.1. The van der Waals surface area contributed by atoms with Crippen molar-refractivity contribution in [3.63, 3.8) is 0 Å². The number of aromatic nitrogens is 1. The third kappa shape index (κ3) is 4.65. The summed E-state index contributed by atoms with van der Waals surface area (Å²) < 4.78 is 14.0. The lowest BCUT2D eigenvalue weighted by Gasteiger charge is -2.33. The molecule has 4 nitrogen and oxygen atoms in total. The number of thiocarbonyl (C=S) groups is 1. The first-order chi connectivity index (χ1) is 13.8. The van der Waals surface area contributed by atoms with E-state index < -0.39 is 5.66 Å². The van der Waals surface area contributed by atoms with Crippen LogP contribution in [0.3, 0.4) is 0 Å². The van der Waals surface area contributed by atoms with Gasteiger partial charge in [0.1, 0.15) is 22.3 Å². The Bertz CT molecular complexity index is 936. The smallest absolute Gasteiger partial charge is 0.130 e. The SMILES string of the molecule is CCCN1C(=S)/C(=C/c2ccc(N(C)C)nc2)NC1(C)/C=C/c1ccccc1F. The third-order valence-electron chi connectivity index (χ3n) is 4.90. The van der Waals surface area contributed by atoms with Crippen LogP contribution in [0.4, 0.5) is 10.2 Å². The summed E-state index contributed by atoms with van der Waals surface area (Å²) in [5.74, 6) is 0.664. The van der Waals surface area contributed by atoms with Crippen LogP contribution in [0.1, 0.15) is 31.4 Å². The van der Waals surface area contributed by atoms with Crippen LogP contribution >= 0.6 is 12.2 Å². The van der Waals surface area contributed by atoms with Gasteiger partial charge in [0.05, 0.1) is 5.70 Å². The highest BCUT2D eigenvalue weighted by atomic mass is 32.1. The van der Waals surface area contributed by atoms with Crippen molar-refractivity contribution in [2.75, 3.05) is 25.5 Å². The molecule has 6 heteroatoms. The fourth-order valence-corrected chi connectivity index (χ4v) is 3.70. The number of hydrogen-bond acceptors (Lipinski definition) is 4. The molecule has 2 aromatic rings. The van der Waals surface area contributed by atoms with Gasteiger partial charge >= 0.3 is 0 Å². The molecule has 1 N–H and O–H groups in total. The molecule has 0 radical (unpaired) electrons. The van der Waals surface area contributed by atoms with Gasteiger partial charge in [-0.2, -0.15) is 0 Å². The maximum atomic E-state index is 14.0. The number of pyridine rings is 1. The van der Waals surface area contributed by atoms with Crippen molar-refractivity contribution in [2.45, 2.75) is 25.9 Å². The van der Waals surface area contributed by atoms with Gasteiger partial charge in [-0.05, 0) is 49.3 Å². The molecule has 3 rings (SSSR count). The number of benzene rings is 1. The van der Waals surface area contributed by atoms with E-state index in [0.717, 1.165) is 35.0 Å². The second-order valence-electron chi connectivity index (χ2n) is 7.49. The van der Waals surface area contributed by atoms with Gasteiger partial charge in [-0.15, -0.1) is 0 Å². The zero-order valence-corrected chi connectivity index (χ0v) is 18.1. The molecule has 1 aliphatic rings. The predicted molar refractivity (Wildman–Crippen MR) is 123 cm³/mol. The van der Waals surface area contributed by atoms with Crippen LogP contribution in [-0.2, 0) is 0 Å². The minimum Gasteiger partial charge on any atom is -0.363 e. The molecule has 0 bridgehead atoms. The molecular formula is C23H27FN4S. The molecule has 0 amide bonds. The van der Waals surface area contributed by atoms with Gasteiger partial charge in [-0.25, -0.2) is 9.37 Å². The quantitative estimate of drug-likeness (QED) is 0.551. The Morgan fingerprint density at radius 2 is 2.00 bits per heavy atom. The Morgan fingerprint density at radius 3 is 2.62 bits per heavy atom. The Kier molecular flexibility index (Phi) is 6.33. The Hall–Kier alpha value is -2.73. The second-order valence-corrected chi connectivity index (χ2v) is 7.87. The van der Waals surface area contributed by atoms with Crippen LogP contribution in [0.25, 0.3) is 12.2 Å². The molecule has 29 heavy (non-hydrogen) atoms. The maximum Gasteiger partial charge on any atom is 0.130 e. The highest BCUT2D eigenvalue weighted by molar-refractivity contribution is 7.80. The van der Waals surface area contributed by atoms with Gasteiger partial charge in [0.15, 0.2) is 0 Å². The number of hydrogen-bond donors (Lipinski definition) is 1. The van der Waals surface area contributed by atoms with Crippen molar-refractivity contribution < 1.29 is 4.39 Å². The average molecular weight is 411 g/mol. The van der Waals surface area contributed by atoms with E-state index >= 15 is 0 Å². The molecule has 0 saturated carbocycles. The Morgan fingerprint density at radius 1 is 1.24 bits per heavy atom. The van der Waals surface area contributed by atoms with E-state index in [-0.39, 0.29) is 5.82 Å². The van der Waals surface area contributed by atoms with Crippen LogP contribution in [-0.4, -0.2) is 41.2 Å². The van der Waals surface area contributed by atoms with Gasteiger partial charge in [0, 0.05) is 32.4 Å². The minimum atomic E-state index is -0.530. The fourth-order valence-electron chi connectivity index (χ4n) is 3.31. The predicted octanol–water partition coefficient (Wildman–Crippen LogP) is 4.70. The lowest BCUT2D eigenvalue weighted by molar-refractivity contribution is 0.253. The van der Waals surface area contributed by atoms with Crippen LogP contribution < -0.4 is 10.2 Å². The van der Waals surface area contributed by atoms with E-state index in [2.05, 4.69) is 29.0 Å². The van der Waals surface area contributed by atoms with Crippen molar-refractivity contribution in [1.29, 1.82) is 0 Å². The van der Waals surface area contributed by atoms with Crippen molar-refractivity contribution in [3.05, 3.63) is 71.3 Å². The largest absolute Gasteiger partial charge is 0.363 e. The van der Waals surface area contributed by atoms with E-state index in [1.54, 1.807) is 12.1 Å². The fraction of sp³-hybridized carbons (Fsp3) is 0.304. The van der Waals surface area contributed by atoms with Gasteiger partial charge in [0.25, 0.3) is 0 Å². The van der Waals surface area contributed by atoms with Gasteiger partial charge in [0.2, 0.25) is 0 Å². The summed E-state index contributed by atoms with van der Waals surface area (Å²) in [6, 6.07) is 10.8. The molecule has 1 aliphatic heterocycles. The number of anilines is 1. The zero-order chi connectivity index (χ0) is 21.0. The molecule has 1 aromatic heterocycles. The maximum absolute atomic E-state index is 14.0. The first-order valence-corrected chi connectivity index (χ1v) is 10.1. The van der Waals surface area contributed by atoms with Gasteiger partial charge in [-0.3, -0.25) is 0 Å². The summed E-state index contributed by atoms with van der Waals surface area (Å²) in [5.41, 5.74) is 1.87. The number of nitrogens with zero attached hydrogens (tertiary/aromatic N) is 3. The molecule has 1 aromatic carbocycles. The summed E-state index contributed by atoms with van der Waals surface area (Å²) in [6.07, 6.45) is 8.59. The van der Waals surface area contributed by atoms with E-state index in [9.17, 15) is 4.39 Å². The molecular weight excluding hydrogens is 383 g/mol. The Labute approximate surface area is 177 Å². The third-order valence-corrected chi connectivity index (χ3v) is 5.34. The van der Waals surface area contributed by atoms with Crippen molar-refractivity contribution >= 4 is 35.2 Å². The number of nitrogens with one attached hydrogen (secondary N) is 1. The molecule has 1 saturated heterocycles. The summed E-state index contributed by atoms with van der Waals surface area (Å²) in [5, 5.41) is 3.53. The highest BCUT2D eigenvalue weighted by Crippen LogP contribution is 2.29. The van der Waals surface area contributed by atoms with Crippen LogP contribution in [0.15, 0.2) is 54.4 Å². The average Bonchev–Trinajstić information content (AvgIpc) is 2.93.